The quantitative estimate of drug-likeness (QED) is 0.619. The normalized spacial score (nSPS) is 10.5. The smallest absolute Gasteiger partial charge is 0.191 e. The number of nitrogens with zero attached hydrogens (tertiary/aromatic N) is 3. The molecule has 1 aromatic heterocycles. The number of hydrogen-bond acceptors (Lipinski definition) is 5. The van der Waals surface area contributed by atoms with Crippen molar-refractivity contribution in [1.82, 2.24) is 14.8 Å². The Labute approximate surface area is 116 Å². The Morgan fingerprint density at radius 3 is 2.79 bits per heavy atom. The van der Waals surface area contributed by atoms with Gasteiger partial charge in [-0.05, 0) is 25.1 Å². The minimum atomic E-state index is 0.644. The number of benzene rings is 1. The topological polar surface area (TPSA) is 57.0 Å². The summed E-state index contributed by atoms with van der Waals surface area (Å²) in [5, 5.41) is 8.95. The number of aldehydes is 1. The zero-order chi connectivity index (χ0) is 13.8. The molecule has 0 saturated heterocycles. The van der Waals surface area contributed by atoms with Gasteiger partial charge in [-0.1, -0.05) is 11.8 Å². The first-order valence-corrected chi connectivity index (χ1v) is 6.75. The van der Waals surface area contributed by atoms with Crippen LogP contribution in [0, 0.1) is 6.92 Å². The van der Waals surface area contributed by atoms with Gasteiger partial charge in [0.05, 0.1) is 7.11 Å². The molecule has 0 aliphatic carbocycles. The number of methoxy groups -OCH3 is 1. The number of aromatic nitrogens is 3. The highest BCUT2D eigenvalue weighted by atomic mass is 32.2. The lowest BCUT2D eigenvalue weighted by molar-refractivity contribution is 0.112. The van der Waals surface area contributed by atoms with Crippen LogP contribution in [0.2, 0.25) is 0 Å². The molecule has 6 heteroatoms. The van der Waals surface area contributed by atoms with Gasteiger partial charge in [0, 0.05) is 23.9 Å². The van der Waals surface area contributed by atoms with Crippen molar-refractivity contribution in [2.24, 2.45) is 7.05 Å². The number of aryl methyl sites for hydroxylation is 1. The lowest BCUT2D eigenvalue weighted by Gasteiger charge is -2.08. The van der Waals surface area contributed by atoms with Crippen molar-refractivity contribution in [3.05, 3.63) is 35.2 Å². The van der Waals surface area contributed by atoms with Gasteiger partial charge in [0.2, 0.25) is 0 Å². The predicted molar refractivity (Wildman–Crippen MR) is 73.7 cm³/mol. The van der Waals surface area contributed by atoms with Gasteiger partial charge in [0.25, 0.3) is 0 Å². The van der Waals surface area contributed by atoms with Gasteiger partial charge in [-0.2, -0.15) is 0 Å². The van der Waals surface area contributed by atoms with Crippen molar-refractivity contribution in [1.29, 1.82) is 0 Å². The van der Waals surface area contributed by atoms with Gasteiger partial charge < -0.3 is 9.30 Å². The molecule has 0 aliphatic heterocycles. The Bertz CT molecular complexity index is 596. The van der Waals surface area contributed by atoms with E-state index in [1.165, 1.54) is 0 Å². The molecule has 0 radical (unpaired) electrons. The molecule has 0 bridgehead atoms. The predicted octanol–water partition coefficient (Wildman–Crippen LogP) is 2.24. The van der Waals surface area contributed by atoms with Crippen molar-refractivity contribution in [2.75, 3.05) is 7.11 Å². The van der Waals surface area contributed by atoms with Crippen LogP contribution >= 0.6 is 11.8 Å². The van der Waals surface area contributed by atoms with Crippen LogP contribution in [0.25, 0.3) is 0 Å². The monoisotopic (exact) mass is 277 g/mol. The average Bonchev–Trinajstić information content (AvgIpc) is 2.76. The van der Waals surface area contributed by atoms with Crippen LogP contribution in [-0.2, 0) is 12.8 Å². The molecule has 0 atom stereocenters. The second-order valence-electron chi connectivity index (χ2n) is 4.07. The van der Waals surface area contributed by atoms with E-state index in [1.54, 1.807) is 24.9 Å². The summed E-state index contributed by atoms with van der Waals surface area (Å²) >= 11 is 1.56. The molecule has 0 amide bonds. The molecule has 1 heterocycles. The fourth-order valence-corrected chi connectivity index (χ4v) is 2.57. The Balaban J connectivity index is 2.18. The van der Waals surface area contributed by atoms with Crippen molar-refractivity contribution in [3.8, 4) is 5.75 Å². The molecule has 0 N–H and O–H groups in total. The van der Waals surface area contributed by atoms with Crippen molar-refractivity contribution in [2.45, 2.75) is 17.8 Å². The van der Waals surface area contributed by atoms with E-state index in [1.807, 2.05) is 30.7 Å². The van der Waals surface area contributed by atoms with Crippen LogP contribution in [-0.4, -0.2) is 28.2 Å². The fraction of sp³-hybridized carbons (Fsp3) is 0.308. The molecular formula is C13H15N3O2S. The Hall–Kier alpha value is -1.82. The summed E-state index contributed by atoms with van der Waals surface area (Å²) in [5.74, 6) is 2.32. The van der Waals surface area contributed by atoms with E-state index in [9.17, 15) is 4.79 Å². The zero-order valence-electron chi connectivity index (χ0n) is 11.1. The van der Waals surface area contributed by atoms with Gasteiger partial charge >= 0.3 is 0 Å². The molecule has 0 spiro atoms. The van der Waals surface area contributed by atoms with E-state index >= 15 is 0 Å². The molecule has 100 valence electrons. The van der Waals surface area contributed by atoms with Gasteiger partial charge in [0.1, 0.15) is 17.9 Å². The van der Waals surface area contributed by atoms with Crippen molar-refractivity contribution < 1.29 is 9.53 Å². The van der Waals surface area contributed by atoms with Crippen LogP contribution in [0.15, 0.2) is 23.4 Å². The summed E-state index contributed by atoms with van der Waals surface area (Å²) in [6.07, 6.45) is 0.833. The lowest BCUT2D eigenvalue weighted by atomic mass is 10.1. The third kappa shape index (κ3) is 2.96. The Morgan fingerprint density at radius 2 is 2.21 bits per heavy atom. The highest BCUT2D eigenvalue weighted by Crippen LogP contribution is 2.27. The molecule has 19 heavy (non-hydrogen) atoms. The van der Waals surface area contributed by atoms with Crippen LogP contribution in [0.3, 0.4) is 0 Å². The maximum Gasteiger partial charge on any atom is 0.191 e. The summed E-state index contributed by atoms with van der Waals surface area (Å²) in [4.78, 5) is 10.8. The minimum Gasteiger partial charge on any atom is -0.496 e. The average molecular weight is 277 g/mol. The number of hydrogen-bond donors (Lipinski definition) is 0. The maximum atomic E-state index is 10.8. The molecule has 0 unspecified atom stereocenters. The summed E-state index contributed by atoms with van der Waals surface area (Å²) in [6.45, 7) is 1.91. The fourth-order valence-electron chi connectivity index (χ4n) is 1.64. The third-order valence-corrected chi connectivity index (χ3v) is 3.92. The van der Waals surface area contributed by atoms with E-state index in [-0.39, 0.29) is 0 Å². The van der Waals surface area contributed by atoms with E-state index in [4.69, 9.17) is 4.74 Å². The number of carbonyl (C=O) groups is 1. The number of rotatable bonds is 5. The largest absolute Gasteiger partial charge is 0.496 e. The Kier molecular flexibility index (Phi) is 4.21. The summed E-state index contributed by atoms with van der Waals surface area (Å²) in [5.41, 5.74) is 1.61. The summed E-state index contributed by atoms with van der Waals surface area (Å²) < 4.78 is 7.23. The summed E-state index contributed by atoms with van der Waals surface area (Å²) in [6, 6.07) is 5.38. The van der Waals surface area contributed by atoms with Crippen molar-refractivity contribution in [3.63, 3.8) is 0 Å². The molecular weight excluding hydrogens is 262 g/mol. The SMILES string of the molecule is COc1ccc(C=O)cc1CSc1nnc(C)n1C. The molecule has 0 fully saturated rings. The molecule has 0 saturated carbocycles. The second kappa shape index (κ2) is 5.88. The van der Waals surface area contributed by atoms with Gasteiger partial charge in [0.15, 0.2) is 5.16 Å². The standard InChI is InChI=1S/C13H15N3O2S/c1-9-14-15-13(16(9)2)19-8-11-6-10(7-17)4-5-12(11)18-3/h4-7H,8H2,1-3H3. The highest BCUT2D eigenvalue weighted by Gasteiger charge is 2.09. The van der Waals surface area contributed by atoms with Crippen LogP contribution < -0.4 is 4.74 Å². The zero-order valence-corrected chi connectivity index (χ0v) is 11.9. The van der Waals surface area contributed by atoms with E-state index < -0.39 is 0 Å². The maximum absolute atomic E-state index is 10.8. The van der Waals surface area contributed by atoms with Crippen LogP contribution in [0.1, 0.15) is 21.7 Å². The van der Waals surface area contributed by atoms with E-state index in [2.05, 4.69) is 10.2 Å². The number of thioether (sulfide) groups is 1. The second-order valence-corrected chi connectivity index (χ2v) is 5.01. The molecule has 0 aliphatic rings. The highest BCUT2D eigenvalue weighted by molar-refractivity contribution is 7.98. The lowest BCUT2D eigenvalue weighted by Crippen LogP contribution is -1.96. The first-order valence-electron chi connectivity index (χ1n) is 5.76. The van der Waals surface area contributed by atoms with E-state index in [0.717, 1.165) is 28.6 Å². The van der Waals surface area contributed by atoms with E-state index in [0.29, 0.717) is 11.3 Å². The molecule has 1 aromatic carbocycles. The summed E-state index contributed by atoms with van der Waals surface area (Å²) in [7, 11) is 3.55. The molecule has 5 nitrogen and oxygen atoms in total. The van der Waals surface area contributed by atoms with Gasteiger partial charge in [-0.3, -0.25) is 4.79 Å². The third-order valence-electron chi connectivity index (χ3n) is 2.85. The van der Waals surface area contributed by atoms with Crippen molar-refractivity contribution >= 4 is 18.0 Å². The first-order chi connectivity index (χ1) is 9.15. The Morgan fingerprint density at radius 1 is 1.42 bits per heavy atom. The van der Waals surface area contributed by atoms with Gasteiger partial charge in [-0.15, -0.1) is 10.2 Å². The van der Waals surface area contributed by atoms with Gasteiger partial charge in [-0.25, -0.2) is 0 Å². The van der Waals surface area contributed by atoms with Crippen LogP contribution in [0.4, 0.5) is 0 Å². The minimum absolute atomic E-state index is 0.644. The van der Waals surface area contributed by atoms with Crippen LogP contribution in [0.5, 0.6) is 5.75 Å². The first kappa shape index (κ1) is 13.6. The molecule has 2 aromatic rings. The molecule has 2 rings (SSSR count). The number of ether oxygens (including phenoxy) is 1. The number of carbonyl (C=O) groups excluding carboxylic acids is 1.